The van der Waals surface area contributed by atoms with Crippen LogP contribution in [0.25, 0.3) is 0 Å². The van der Waals surface area contributed by atoms with Gasteiger partial charge in [0.25, 0.3) is 0 Å². The third kappa shape index (κ3) is 18.0. The van der Waals surface area contributed by atoms with Gasteiger partial charge in [-0.05, 0) is 0 Å². The molecular formula is C3H10Na2O2S2. The van der Waals surface area contributed by atoms with Crippen molar-refractivity contribution in [2.75, 3.05) is 5.75 Å². The van der Waals surface area contributed by atoms with Crippen molar-refractivity contribution in [3.8, 4) is 0 Å². The third-order valence-electron chi connectivity index (χ3n) is 0.467. The summed E-state index contributed by atoms with van der Waals surface area (Å²) in [4.78, 5) is 0. The van der Waals surface area contributed by atoms with Gasteiger partial charge in [-0.2, -0.15) is 0 Å². The van der Waals surface area contributed by atoms with Gasteiger partial charge in [-0.3, -0.25) is 0 Å². The van der Waals surface area contributed by atoms with Crippen molar-refractivity contribution >= 4 is 81.6 Å². The van der Waals surface area contributed by atoms with E-state index in [1.165, 1.54) is 10.8 Å². The summed E-state index contributed by atoms with van der Waals surface area (Å²) >= 11 is 3.79. The maximum atomic E-state index is 8.19. The summed E-state index contributed by atoms with van der Waals surface area (Å²) in [6.45, 7) is 0. The summed E-state index contributed by atoms with van der Waals surface area (Å²) in [6, 6.07) is 0. The van der Waals surface area contributed by atoms with E-state index in [2.05, 4.69) is 11.7 Å². The van der Waals surface area contributed by atoms with Gasteiger partial charge in [-0.1, -0.05) is 10.8 Å². The molecule has 0 bridgehead atoms. The Bertz CT molecular complexity index is 46.8. The monoisotopic (exact) mass is 188 g/mol. The SMILES string of the molecule is OC(O)CCSS.[NaH].[NaH]. The van der Waals surface area contributed by atoms with Crippen LogP contribution in [0.15, 0.2) is 0 Å². The standard InChI is InChI=1S/C3H8O2S2.2Na.2H/c4-3(5)1-2-7-6;;;;/h3-6H,1-2H2;;;;. The third-order valence-corrected chi connectivity index (χ3v) is 1.43. The number of thiol groups is 1. The summed E-state index contributed by atoms with van der Waals surface area (Å²) in [5, 5.41) is 16.4. The van der Waals surface area contributed by atoms with E-state index in [-0.39, 0.29) is 59.1 Å². The molecule has 0 unspecified atom stereocenters. The second kappa shape index (κ2) is 13.2. The zero-order chi connectivity index (χ0) is 5.70. The minimum atomic E-state index is -1.17. The van der Waals surface area contributed by atoms with Crippen LogP contribution in [0.3, 0.4) is 0 Å². The first-order valence-corrected chi connectivity index (χ1v) is 3.93. The van der Waals surface area contributed by atoms with Crippen molar-refractivity contribution in [3.63, 3.8) is 0 Å². The van der Waals surface area contributed by atoms with E-state index in [4.69, 9.17) is 10.2 Å². The van der Waals surface area contributed by atoms with Gasteiger partial charge in [0.2, 0.25) is 0 Å². The number of hydrogen-bond acceptors (Lipinski definition) is 4. The van der Waals surface area contributed by atoms with Gasteiger partial charge >= 0.3 is 59.1 Å². The Labute approximate surface area is 109 Å². The molecule has 0 spiro atoms. The van der Waals surface area contributed by atoms with Gasteiger partial charge in [0, 0.05) is 12.2 Å². The van der Waals surface area contributed by atoms with Crippen molar-refractivity contribution in [1.29, 1.82) is 0 Å². The fourth-order valence-electron chi connectivity index (χ4n) is 0.158. The Morgan fingerprint density at radius 3 is 1.89 bits per heavy atom. The molecule has 0 saturated heterocycles. The van der Waals surface area contributed by atoms with Crippen molar-refractivity contribution in [1.82, 2.24) is 0 Å². The molecule has 0 rings (SSSR count). The summed E-state index contributed by atoms with van der Waals surface area (Å²) in [7, 11) is 1.30. The fourth-order valence-corrected chi connectivity index (χ4v) is 0.791. The minimum absolute atomic E-state index is 0. The second-order valence-corrected chi connectivity index (χ2v) is 2.54. The molecule has 0 aliphatic rings. The van der Waals surface area contributed by atoms with Crippen LogP contribution >= 0.6 is 22.5 Å². The van der Waals surface area contributed by atoms with Gasteiger partial charge in [-0.25, -0.2) is 0 Å². The van der Waals surface area contributed by atoms with Crippen LogP contribution in [0.4, 0.5) is 0 Å². The van der Waals surface area contributed by atoms with Crippen molar-refractivity contribution < 1.29 is 10.2 Å². The van der Waals surface area contributed by atoms with Gasteiger partial charge in [-0.15, -0.1) is 11.7 Å². The van der Waals surface area contributed by atoms with E-state index in [1.807, 2.05) is 0 Å². The molecule has 0 heterocycles. The van der Waals surface area contributed by atoms with Crippen LogP contribution in [0.5, 0.6) is 0 Å². The molecule has 48 valence electrons. The number of rotatable bonds is 3. The molecule has 0 aliphatic heterocycles. The average molecular weight is 188 g/mol. The first-order valence-electron chi connectivity index (χ1n) is 1.90. The number of aliphatic hydroxyl groups is 2. The van der Waals surface area contributed by atoms with E-state index in [1.54, 1.807) is 0 Å². The number of hydrogen-bond donors (Lipinski definition) is 3. The summed E-state index contributed by atoms with van der Waals surface area (Å²) in [5.74, 6) is 0.681. The van der Waals surface area contributed by atoms with Gasteiger partial charge in [0.1, 0.15) is 0 Å². The summed E-state index contributed by atoms with van der Waals surface area (Å²) < 4.78 is 0. The van der Waals surface area contributed by atoms with E-state index < -0.39 is 6.29 Å². The molecule has 0 atom stereocenters. The Morgan fingerprint density at radius 2 is 1.78 bits per heavy atom. The van der Waals surface area contributed by atoms with Crippen molar-refractivity contribution in [3.05, 3.63) is 0 Å². The van der Waals surface area contributed by atoms with Crippen LogP contribution in [0.2, 0.25) is 0 Å². The number of aliphatic hydroxyl groups excluding tert-OH is 1. The molecule has 0 saturated carbocycles. The summed E-state index contributed by atoms with van der Waals surface area (Å²) in [5.41, 5.74) is 0. The first kappa shape index (κ1) is 17.6. The predicted molar refractivity (Wildman–Crippen MR) is 48.6 cm³/mol. The summed E-state index contributed by atoms with van der Waals surface area (Å²) in [6.07, 6.45) is -0.770. The van der Waals surface area contributed by atoms with Crippen molar-refractivity contribution in [2.45, 2.75) is 12.7 Å². The molecule has 9 heavy (non-hydrogen) atoms. The van der Waals surface area contributed by atoms with Crippen molar-refractivity contribution in [2.24, 2.45) is 0 Å². The zero-order valence-electron chi connectivity index (χ0n) is 3.74. The Kier molecular flexibility index (Phi) is 25.9. The van der Waals surface area contributed by atoms with E-state index in [0.29, 0.717) is 12.2 Å². The van der Waals surface area contributed by atoms with E-state index in [9.17, 15) is 0 Å². The van der Waals surface area contributed by atoms with Gasteiger partial charge < -0.3 is 10.2 Å². The second-order valence-electron chi connectivity index (χ2n) is 1.10. The maximum absolute atomic E-state index is 8.19. The molecule has 0 aromatic carbocycles. The Hall–Kier alpha value is 2.62. The predicted octanol–water partition coefficient (Wildman–Crippen LogP) is -1.03. The van der Waals surface area contributed by atoms with Crippen LogP contribution in [0, 0.1) is 0 Å². The molecular weight excluding hydrogens is 178 g/mol. The first-order chi connectivity index (χ1) is 3.27. The topological polar surface area (TPSA) is 40.5 Å². The van der Waals surface area contributed by atoms with E-state index in [0.717, 1.165) is 0 Å². The van der Waals surface area contributed by atoms with Crippen LogP contribution < -0.4 is 0 Å². The van der Waals surface area contributed by atoms with E-state index >= 15 is 0 Å². The normalized spacial score (nSPS) is 8.00. The molecule has 0 aromatic rings. The zero-order valence-corrected chi connectivity index (χ0v) is 5.45. The molecule has 0 aromatic heterocycles. The average Bonchev–Trinajstić information content (AvgIpc) is 1.61. The Balaban J connectivity index is -0.000000180. The quantitative estimate of drug-likeness (QED) is 0.229. The molecule has 2 nitrogen and oxygen atoms in total. The van der Waals surface area contributed by atoms with Gasteiger partial charge in [0.15, 0.2) is 6.29 Å². The molecule has 0 amide bonds. The fraction of sp³-hybridized carbons (Fsp3) is 1.00. The van der Waals surface area contributed by atoms with Crippen LogP contribution in [-0.2, 0) is 0 Å². The molecule has 0 aliphatic carbocycles. The molecule has 0 radical (unpaired) electrons. The van der Waals surface area contributed by atoms with Crippen LogP contribution in [-0.4, -0.2) is 81.4 Å². The van der Waals surface area contributed by atoms with Crippen LogP contribution in [0.1, 0.15) is 6.42 Å². The molecule has 6 heteroatoms. The van der Waals surface area contributed by atoms with Gasteiger partial charge in [0.05, 0.1) is 0 Å². The Morgan fingerprint density at radius 1 is 1.33 bits per heavy atom. The molecule has 2 N–H and O–H groups in total. The molecule has 0 fully saturated rings.